The van der Waals surface area contributed by atoms with Crippen LogP contribution in [-0.4, -0.2) is 75.7 Å². The molecule has 0 saturated carbocycles. The van der Waals surface area contributed by atoms with Crippen molar-refractivity contribution in [3.63, 3.8) is 0 Å². The number of piperazine rings is 1. The number of anilines is 1. The summed E-state index contributed by atoms with van der Waals surface area (Å²) in [6.07, 6.45) is 0. The van der Waals surface area contributed by atoms with Crippen molar-refractivity contribution in [2.24, 2.45) is 0 Å². The van der Waals surface area contributed by atoms with E-state index in [2.05, 4.69) is 10.2 Å². The highest BCUT2D eigenvalue weighted by Gasteiger charge is 2.21. The van der Waals surface area contributed by atoms with Crippen LogP contribution in [0.5, 0.6) is 17.2 Å². The highest BCUT2D eigenvalue weighted by atomic mass is 16.5. The fourth-order valence-electron chi connectivity index (χ4n) is 3.20. The molecule has 1 aliphatic heterocycles. The maximum Gasteiger partial charge on any atom is 0.262 e. The molecule has 1 N–H and O–H groups in total. The van der Waals surface area contributed by atoms with Crippen molar-refractivity contribution in [2.45, 2.75) is 0 Å². The molecule has 0 unspecified atom stereocenters. The number of carbonyl (C=O) groups excluding carboxylic acids is 2. The van der Waals surface area contributed by atoms with E-state index in [1.807, 2.05) is 18.0 Å². The molecule has 0 aliphatic carbocycles. The molecule has 3 rings (SSSR count). The van der Waals surface area contributed by atoms with E-state index in [0.29, 0.717) is 41.6 Å². The van der Waals surface area contributed by atoms with E-state index < -0.39 is 0 Å². The second kappa shape index (κ2) is 9.98. The van der Waals surface area contributed by atoms with Gasteiger partial charge in [0.15, 0.2) is 18.1 Å². The molecule has 160 valence electrons. The minimum atomic E-state index is -0.372. The van der Waals surface area contributed by atoms with Crippen LogP contribution in [0.15, 0.2) is 42.5 Å². The smallest absolute Gasteiger partial charge is 0.262 e. The van der Waals surface area contributed by atoms with Gasteiger partial charge in [-0.1, -0.05) is 12.1 Å². The number of methoxy groups -OCH3 is 2. The summed E-state index contributed by atoms with van der Waals surface area (Å²) in [5, 5.41) is 2.77. The zero-order chi connectivity index (χ0) is 21.5. The Balaban J connectivity index is 1.67. The predicted octanol–water partition coefficient (Wildman–Crippen LogP) is 2.11. The van der Waals surface area contributed by atoms with Gasteiger partial charge in [-0.15, -0.1) is 0 Å². The van der Waals surface area contributed by atoms with Gasteiger partial charge in [0.05, 0.1) is 19.9 Å². The van der Waals surface area contributed by atoms with Crippen molar-refractivity contribution in [1.82, 2.24) is 9.80 Å². The fraction of sp³-hybridized carbons (Fsp3) is 0.364. The van der Waals surface area contributed by atoms with Gasteiger partial charge in [0, 0.05) is 31.7 Å². The number of nitrogens with one attached hydrogen (secondary N) is 1. The Morgan fingerprint density at radius 3 is 2.27 bits per heavy atom. The number of benzene rings is 2. The average molecular weight is 413 g/mol. The molecule has 8 heteroatoms. The van der Waals surface area contributed by atoms with E-state index in [1.165, 1.54) is 14.2 Å². The van der Waals surface area contributed by atoms with Crippen molar-refractivity contribution in [1.29, 1.82) is 0 Å². The number of carbonyl (C=O) groups is 2. The third kappa shape index (κ3) is 5.21. The number of hydrogen-bond acceptors (Lipinski definition) is 6. The highest BCUT2D eigenvalue weighted by molar-refractivity contribution is 5.98. The Bertz CT molecular complexity index is 894. The van der Waals surface area contributed by atoms with Crippen LogP contribution in [0.1, 0.15) is 10.4 Å². The molecule has 0 atom stereocenters. The summed E-state index contributed by atoms with van der Waals surface area (Å²) in [5.74, 6) is 1.05. The zero-order valence-electron chi connectivity index (χ0n) is 17.5. The van der Waals surface area contributed by atoms with Crippen molar-refractivity contribution in [3.05, 3.63) is 48.0 Å². The normalized spacial score (nSPS) is 14.2. The van der Waals surface area contributed by atoms with Gasteiger partial charge in [-0.2, -0.15) is 0 Å². The Morgan fingerprint density at radius 2 is 1.60 bits per heavy atom. The first kappa shape index (κ1) is 21.4. The quantitative estimate of drug-likeness (QED) is 0.749. The summed E-state index contributed by atoms with van der Waals surface area (Å²) in [4.78, 5) is 29.3. The number of para-hydroxylation sites is 2. The van der Waals surface area contributed by atoms with E-state index >= 15 is 0 Å². The Morgan fingerprint density at radius 1 is 0.933 bits per heavy atom. The Labute approximate surface area is 176 Å². The first-order valence-corrected chi connectivity index (χ1v) is 9.73. The first-order chi connectivity index (χ1) is 14.5. The van der Waals surface area contributed by atoms with Gasteiger partial charge in [-0.3, -0.25) is 9.59 Å². The Hall–Kier alpha value is -3.26. The number of likely N-dealkylation sites (N-methyl/N-ethyl adjacent to an activating group) is 1. The fourth-order valence-corrected chi connectivity index (χ4v) is 3.20. The van der Waals surface area contributed by atoms with Crippen LogP contribution in [0.25, 0.3) is 0 Å². The second-order valence-electron chi connectivity index (χ2n) is 7.00. The van der Waals surface area contributed by atoms with E-state index in [9.17, 15) is 9.59 Å². The summed E-state index contributed by atoms with van der Waals surface area (Å²) in [6, 6.07) is 12.1. The number of ether oxygens (including phenoxy) is 3. The number of hydrogen-bond donors (Lipinski definition) is 1. The molecule has 30 heavy (non-hydrogen) atoms. The molecule has 1 saturated heterocycles. The van der Waals surface area contributed by atoms with Crippen molar-refractivity contribution < 1.29 is 23.8 Å². The Kier molecular flexibility index (Phi) is 7.13. The number of rotatable bonds is 7. The second-order valence-corrected chi connectivity index (χ2v) is 7.00. The largest absolute Gasteiger partial charge is 0.495 e. The van der Waals surface area contributed by atoms with Crippen LogP contribution in [0, 0.1) is 0 Å². The molecular weight excluding hydrogens is 386 g/mol. The molecule has 0 aromatic heterocycles. The maximum atomic E-state index is 12.8. The van der Waals surface area contributed by atoms with Crippen LogP contribution >= 0.6 is 0 Å². The number of amides is 2. The lowest BCUT2D eigenvalue weighted by Crippen LogP contribution is -2.47. The first-order valence-electron chi connectivity index (χ1n) is 9.73. The summed E-state index contributed by atoms with van der Waals surface area (Å²) in [5.41, 5.74) is 0.924. The van der Waals surface area contributed by atoms with Crippen molar-refractivity contribution in [3.8, 4) is 17.2 Å². The van der Waals surface area contributed by atoms with Gasteiger partial charge in [-0.05, 0) is 37.4 Å². The van der Waals surface area contributed by atoms with Gasteiger partial charge < -0.3 is 29.3 Å². The third-order valence-electron chi connectivity index (χ3n) is 4.94. The summed E-state index contributed by atoms with van der Waals surface area (Å²) < 4.78 is 16.1. The minimum absolute atomic E-state index is 0.0634. The average Bonchev–Trinajstić information content (AvgIpc) is 2.78. The van der Waals surface area contributed by atoms with Crippen LogP contribution in [-0.2, 0) is 4.79 Å². The molecule has 0 spiro atoms. The molecule has 0 bridgehead atoms. The van der Waals surface area contributed by atoms with Crippen LogP contribution in [0.4, 0.5) is 5.69 Å². The molecule has 2 aromatic rings. The lowest BCUT2D eigenvalue weighted by molar-refractivity contribution is -0.118. The van der Waals surface area contributed by atoms with Crippen molar-refractivity contribution >= 4 is 17.5 Å². The van der Waals surface area contributed by atoms with E-state index in [4.69, 9.17) is 14.2 Å². The summed E-state index contributed by atoms with van der Waals surface area (Å²) in [6.45, 7) is 2.82. The maximum absolute atomic E-state index is 12.8. The monoisotopic (exact) mass is 413 g/mol. The summed E-state index contributed by atoms with van der Waals surface area (Å²) >= 11 is 0. The van der Waals surface area contributed by atoms with Crippen LogP contribution in [0.2, 0.25) is 0 Å². The van der Waals surface area contributed by atoms with Gasteiger partial charge in [-0.25, -0.2) is 0 Å². The van der Waals surface area contributed by atoms with E-state index in [1.54, 1.807) is 36.4 Å². The number of nitrogens with zero attached hydrogens (tertiary/aromatic N) is 2. The molecule has 1 fully saturated rings. The SMILES string of the molecule is COc1ccc(C(=O)N2CCN(C)CC2)cc1NC(=O)COc1ccccc1OC. The molecule has 1 heterocycles. The zero-order valence-corrected chi connectivity index (χ0v) is 17.5. The lowest BCUT2D eigenvalue weighted by atomic mass is 10.1. The minimum Gasteiger partial charge on any atom is -0.495 e. The van der Waals surface area contributed by atoms with E-state index in [0.717, 1.165) is 13.1 Å². The molecule has 8 nitrogen and oxygen atoms in total. The molecule has 2 amide bonds. The summed E-state index contributed by atoms with van der Waals surface area (Å²) in [7, 11) is 5.09. The topological polar surface area (TPSA) is 80.3 Å². The van der Waals surface area contributed by atoms with Gasteiger partial charge >= 0.3 is 0 Å². The van der Waals surface area contributed by atoms with E-state index in [-0.39, 0.29) is 18.4 Å². The molecule has 1 aliphatic rings. The molecular formula is C22H27N3O5. The predicted molar refractivity (Wildman–Crippen MR) is 114 cm³/mol. The van der Waals surface area contributed by atoms with Gasteiger partial charge in [0.1, 0.15) is 5.75 Å². The van der Waals surface area contributed by atoms with Crippen LogP contribution < -0.4 is 19.5 Å². The standard InChI is InChI=1S/C22H27N3O5/c1-24-10-12-25(13-11-24)22(27)16-8-9-18(28-2)17(14-16)23-21(26)15-30-20-7-5-4-6-19(20)29-3/h4-9,14H,10-13,15H2,1-3H3,(H,23,26). The third-order valence-corrected chi connectivity index (χ3v) is 4.94. The van der Waals surface area contributed by atoms with Gasteiger partial charge in [0.25, 0.3) is 11.8 Å². The molecule has 0 radical (unpaired) electrons. The van der Waals surface area contributed by atoms with Crippen LogP contribution in [0.3, 0.4) is 0 Å². The highest BCUT2D eigenvalue weighted by Crippen LogP contribution is 2.28. The lowest BCUT2D eigenvalue weighted by Gasteiger charge is -2.32. The van der Waals surface area contributed by atoms with Crippen molar-refractivity contribution in [2.75, 3.05) is 59.4 Å². The van der Waals surface area contributed by atoms with Gasteiger partial charge in [0.2, 0.25) is 0 Å². The molecule has 2 aromatic carbocycles.